The van der Waals surface area contributed by atoms with Gasteiger partial charge >= 0.3 is 5.97 Å². The van der Waals surface area contributed by atoms with Gasteiger partial charge < -0.3 is 4.74 Å². The molecule has 2 aromatic rings. The summed E-state index contributed by atoms with van der Waals surface area (Å²) in [5, 5.41) is 6.43. The first-order valence-corrected chi connectivity index (χ1v) is 10.4. The smallest absolute Gasteiger partial charge is 0.302 e. The van der Waals surface area contributed by atoms with Gasteiger partial charge in [-0.25, -0.2) is 0 Å². The second-order valence-corrected chi connectivity index (χ2v) is 8.44. The van der Waals surface area contributed by atoms with Crippen molar-refractivity contribution in [1.29, 1.82) is 0 Å². The predicted octanol–water partition coefficient (Wildman–Crippen LogP) is 4.47. The number of para-hydroxylation sites is 1. The van der Waals surface area contributed by atoms with Crippen LogP contribution in [0.15, 0.2) is 59.7 Å². The van der Waals surface area contributed by atoms with Gasteiger partial charge in [-0.3, -0.25) is 9.59 Å². The summed E-state index contributed by atoms with van der Waals surface area (Å²) in [4.78, 5) is 25.5. The van der Waals surface area contributed by atoms with Gasteiger partial charge in [-0.05, 0) is 36.8 Å². The van der Waals surface area contributed by atoms with E-state index in [-0.39, 0.29) is 11.2 Å². The monoisotopic (exact) mass is 414 g/mol. The Kier molecular flexibility index (Phi) is 4.93. The van der Waals surface area contributed by atoms with Crippen LogP contribution >= 0.6 is 23.4 Å². The average Bonchev–Trinajstić information content (AvgIpc) is 3.17. The Morgan fingerprint density at radius 1 is 1.21 bits per heavy atom. The van der Waals surface area contributed by atoms with Crippen molar-refractivity contribution in [2.75, 3.05) is 10.8 Å². The van der Waals surface area contributed by atoms with Gasteiger partial charge in [-0.2, -0.15) is 10.1 Å². The number of amides is 1. The molecule has 5 nitrogen and oxygen atoms in total. The van der Waals surface area contributed by atoms with Crippen molar-refractivity contribution < 1.29 is 14.3 Å². The summed E-state index contributed by atoms with van der Waals surface area (Å²) in [5.41, 5.74) is 1.26. The molecule has 1 amide bonds. The zero-order valence-corrected chi connectivity index (χ0v) is 17.0. The van der Waals surface area contributed by atoms with E-state index in [2.05, 4.69) is 5.10 Å². The maximum atomic E-state index is 13.8. The summed E-state index contributed by atoms with van der Waals surface area (Å²) in [7, 11) is 0. The van der Waals surface area contributed by atoms with Crippen LogP contribution in [-0.4, -0.2) is 29.4 Å². The number of nitrogens with zero attached hydrogens (tertiary/aromatic N) is 2. The number of benzene rings is 2. The average molecular weight is 415 g/mol. The van der Waals surface area contributed by atoms with E-state index in [4.69, 9.17) is 16.3 Å². The van der Waals surface area contributed by atoms with E-state index in [0.717, 1.165) is 5.56 Å². The van der Waals surface area contributed by atoms with Gasteiger partial charge in [-0.1, -0.05) is 41.9 Å². The molecule has 2 aliphatic heterocycles. The maximum absolute atomic E-state index is 13.8. The molecule has 0 N–H and O–H groups in total. The molecule has 1 fully saturated rings. The van der Waals surface area contributed by atoms with E-state index in [1.165, 1.54) is 11.9 Å². The Hall–Kier alpha value is -2.31. The largest absolute Gasteiger partial charge is 0.460 e. The molecule has 0 radical (unpaired) electrons. The van der Waals surface area contributed by atoms with Crippen molar-refractivity contribution in [2.45, 2.75) is 25.2 Å². The molecule has 0 unspecified atom stereocenters. The lowest BCUT2D eigenvalue weighted by atomic mass is 9.73. The van der Waals surface area contributed by atoms with Crippen LogP contribution in [0.5, 0.6) is 0 Å². The fraction of sp³-hybridized carbons (Fsp3) is 0.286. The molecule has 28 heavy (non-hydrogen) atoms. The van der Waals surface area contributed by atoms with Crippen LogP contribution in [0.4, 0.5) is 5.69 Å². The number of thioether (sulfide) groups is 1. The minimum atomic E-state index is -1.04. The highest BCUT2D eigenvalue weighted by Gasteiger charge is 2.65. The molecule has 0 aromatic heterocycles. The summed E-state index contributed by atoms with van der Waals surface area (Å²) in [5.74, 6) is -0.0541. The zero-order chi connectivity index (χ0) is 19.9. The standard InChI is InChI=1S/C21H19ClN2O3S/c1-13-21(20(26)24(23-13)17-6-4-3-5-7-17)18(27-14(2)25)12-28-19(21)15-8-10-16(22)11-9-15/h3-11,18-19H,12H2,1-2H3/t18-,19-,21+/m1/s1. The molecule has 1 saturated heterocycles. The van der Waals surface area contributed by atoms with Gasteiger partial charge in [0.25, 0.3) is 5.91 Å². The molecule has 144 valence electrons. The van der Waals surface area contributed by atoms with Crippen LogP contribution in [-0.2, 0) is 14.3 Å². The minimum Gasteiger partial charge on any atom is -0.460 e. The summed E-state index contributed by atoms with van der Waals surface area (Å²) >= 11 is 7.66. The zero-order valence-electron chi connectivity index (χ0n) is 15.5. The molecular formula is C21H19ClN2O3S. The first kappa shape index (κ1) is 19.0. The quantitative estimate of drug-likeness (QED) is 0.695. The summed E-state index contributed by atoms with van der Waals surface area (Å²) in [6, 6.07) is 16.8. The maximum Gasteiger partial charge on any atom is 0.302 e. The topological polar surface area (TPSA) is 59.0 Å². The molecule has 7 heteroatoms. The van der Waals surface area contributed by atoms with E-state index in [1.54, 1.807) is 11.8 Å². The van der Waals surface area contributed by atoms with Crippen LogP contribution in [0.3, 0.4) is 0 Å². The number of hydrogen-bond donors (Lipinski definition) is 0. The molecular weight excluding hydrogens is 396 g/mol. The van der Waals surface area contributed by atoms with Crippen molar-refractivity contribution in [3.05, 3.63) is 65.2 Å². The Morgan fingerprint density at radius 3 is 2.54 bits per heavy atom. The number of hydrazone groups is 1. The van der Waals surface area contributed by atoms with Gasteiger partial charge in [-0.15, -0.1) is 11.8 Å². The highest BCUT2D eigenvalue weighted by atomic mass is 35.5. The van der Waals surface area contributed by atoms with E-state index >= 15 is 0 Å². The summed E-state index contributed by atoms with van der Waals surface area (Å²) in [6.07, 6.45) is -0.583. The molecule has 0 saturated carbocycles. The second-order valence-electron chi connectivity index (χ2n) is 6.87. The summed E-state index contributed by atoms with van der Waals surface area (Å²) < 4.78 is 5.64. The lowest BCUT2D eigenvalue weighted by Crippen LogP contribution is -2.50. The van der Waals surface area contributed by atoms with Crippen molar-refractivity contribution in [3.8, 4) is 0 Å². The number of hydrogen-bond acceptors (Lipinski definition) is 5. The Bertz CT molecular complexity index is 948. The number of carbonyl (C=O) groups excluding carboxylic acids is 2. The third kappa shape index (κ3) is 2.91. The Morgan fingerprint density at radius 2 is 1.89 bits per heavy atom. The molecule has 2 heterocycles. The SMILES string of the molecule is CC(=O)O[C@@H]1CS[C@H](c2ccc(Cl)cc2)[C@@]12C(=O)N(c1ccccc1)N=C2C. The van der Waals surface area contributed by atoms with E-state index in [1.807, 2.05) is 61.5 Å². The number of halogens is 1. The number of carbonyl (C=O) groups is 2. The lowest BCUT2D eigenvalue weighted by Gasteiger charge is -2.33. The molecule has 3 atom stereocenters. The summed E-state index contributed by atoms with van der Waals surface area (Å²) in [6.45, 7) is 3.21. The first-order valence-electron chi connectivity index (χ1n) is 8.94. The Balaban J connectivity index is 1.82. The normalized spacial score (nSPS) is 26.6. The molecule has 0 aliphatic carbocycles. The highest BCUT2D eigenvalue weighted by molar-refractivity contribution is 8.00. The predicted molar refractivity (Wildman–Crippen MR) is 112 cm³/mol. The van der Waals surface area contributed by atoms with Gasteiger partial charge in [0.1, 0.15) is 11.5 Å². The first-order chi connectivity index (χ1) is 13.4. The van der Waals surface area contributed by atoms with Crippen molar-refractivity contribution in [1.82, 2.24) is 0 Å². The van der Waals surface area contributed by atoms with Crippen LogP contribution in [0.25, 0.3) is 0 Å². The Labute approximate surface area is 172 Å². The van der Waals surface area contributed by atoms with Crippen LogP contribution in [0.1, 0.15) is 24.7 Å². The number of ether oxygens (including phenoxy) is 1. The second kappa shape index (κ2) is 7.26. The van der Waals surface area contributed by atoms with Gasteiger partial charge in [0, 0.05) is 17.7 Å². The van der Waals surface area contributed by atoms with E-state index in [0.29, 0.717) is 22.2 Å². The molecule has 2 aliphatic rings. The minimum absolute atomic E-state index is 0.174. The van der Waals surface area contributed by atoms with E-state index < -0.39 is 17.5 Å². The number of anilines is 1. The third-order valence-corrected chi connectivity index (χ3v) is 6.94. The van der Waals surface area contributed by atoms with Crippen molar-refractivity contribution in [2.24, 2.45) is 10.5 Å². The van der Waals surface area contributed by atoms with Gasteiger partial charge in [0.15, 0.2) is 0 Å². The number of rotatable bonds is 3. The van der Waals surface area contributed by atoms with E-state index in [9.17, 15) is 9.59 Å². The molecule has 1 spiro atoms. The molecule has 2 aromatic carbocycles. The number of esters is 1. The molecule has 4 rings (SSSR count). The fourth-order valence-corrected chi connectivity index (χ4v) is 5.82. The van der Waals surface area contributed by atoms with Crippen LogP contribution in [0.2, 0.25) is 5.02 Å². The van der Waals surface area contributed by atoms with Gasteiger partial charge in [0.05, 0.1) is 16.6 Å². The van der Waals surface area contributed by atoms with Crippen LogP contribution in [0, 0.1) is 5.41 Å². The van der Waals surface area contributed by atoms with Crippen molar-refractivity contribution >= 4 is 46.6 Å². The lowest BCUT2D eigenvalue weighted by molar-refractivity contribution is -0.151. The molecule has 0 bridgehead atoms. The third-order valence-electron chi connectivity index (χ3n) is 5.21. The highest BCUT2D eigenvalue weighted by Crippen LogP contribution is 2.58. The van der Waals surface area contributed by atoms with Gasteiger partial charge in [0.2, 0.25) is 0 Å². The van der Waals surface area contributed by atoms with Crippen LogP contribution < -0.4 is 5.01 Å². The van der Waals surface area contributed by atoms with Crippen molar-refractivity contribution in [3.63, 3.8) is 0 Å². The fourth-order valence-electron chi connectivity index (χ4n) is 3.96.